The van der Waals surface area contributed by atoms with E-state index in [0.29, 0.717) is 12.8 Å². The van der Waals surface area contributed by atoms with Crippen LogP contribution in [0.15, 0.2) is 0 Å². The zero-order chi connectivity index (χ0) is 11.7. The molecular weight excluding hydrogens is 200 g/mol. The number of nitrogens with two attached hydrogens (primary N) is 1. The van der Waals surface area contributed by atoms with Crippen molar-refractivity contribution in [3.05, 3.63) is 0 Å². The highest BCUT2D eigenvalue weighted by Gasteiger charge is 2.46. The van der Waals surface area contributed by atoms with Crippen LogP contribution in [0.5, 0.6) is 0 Å². The molecule has 0 radical (unpaired) electrons. The Balaban J connectivity index is 2.35. The molecule has 1 unspecified atom stereocenters. The molecule has 1 aliphatic carbocycles. The summed E-state index contributed by atoms with van der Waals surface area (Å²) in [6.45, 7) is 1.26. The Kier molecular flexibility index (Phi) is 3.01. The highest BCUT2D eigenvalue weighted by Crippen LogP contribution is 2.32. The van der Waals surface area contributed by atoms with E-state index in [1.54, 1.807) is 0 Å². The van der Waals surface area contributed by atoms with Gasteiger partial charge in [-0.1, -0.05) is 0 Å². The normalized spacial score (nSPS) is 21.5. The number of carboxylic acids is 1. The molecule has 1 atom stereocenters. The number of carboxylic acid groups (broad SMARTS) is 1. The Morgan fingerprint density at radius 3 is 2.47 bits per heavy atom. The van der Waals surface area contributed by atoms with Gasteiger partial charge in [-0.15, -0.1) is 0 Å². The molecule has 86 valence electrons. The van der Waals surface area contributed by atoms with Crippen LogP contribution in [0.4, 0.5) is 0 Å². The second-order valence-electron chi connectivity index (χ2n) is 4.41. The summed E-state index contributed by atoms with van der Waals surface area (Å²) in [5, 5.41) is 20.5. The van der Waals surface area contributed by atoms with Crippen molar-refractivity contribution in [2.45, 2.75) is 37.3 Å². The maximum atomic E-state index is 11.4. The minimum Gasteiger partial charge on any atom is -0.481 e. The van der Waals surface area contributed by atoms with Gasteiger partial charge in [0.15, 0.2) is 0 Å². The lowest BCUT2D eigenvalue weighted by Crippen LogP contribution is -2.49. The van der Waals surface area contributed by atoms with Gasteiger partial charge in [0.1, 0.15) is 0 Å². The highest BCUT2D eigenvalue weighted by atomic mass is 16.4. The van der Waals surface area contributed by atoms with E-state index in [1.807, 2.05) is 0 Å². The molecule has 5 N–H and O–H groups in total. The molecular formula is C9H16N2O4. The van der Waals surface area contributed by atoms with E-state index in [0.717, 1.165) is 0 Å². The molecule has 6 heteroatoms. The van der Waals surface area contributed by atoms with E-state index in [-0.39, 0.29) is 12.5 Å². The Labute approximate surface area is 87.5 Å². The fourth-order valence-electron chi connectivity index (χ4n) is 1.20. The third kappa shape index (κ3) is 3.49. The predicted molar refractivity (Wildman–Crippen MR) is 52.0 cm³/mol. The number of aliphatic hydroxyl groups is 1. The molecule has 1 rings (SSSR count). The number of nitrogens with one attached hydrogen (secondary N) is 1. The van der Waals surface area contributed by atoms with E-state index in [9.17, 15) is 14.7 Å². The maximum absolute atomic E-state index is 11.4. The van der Waals surface area contributed by atoms with Crippen LogP contribution < -0.4 is 11.1 Å². The summed E-state index contributed by atoms with van der Waals surface area (Å²) < 4.78 is 0. The number of amides is 1. The third-order valence-corrected chi connectivity index (χ3v) is 2.40. The number of aliphatic carboxylic acids is 1. The Hall–Kier alpha value is -1.14. The van der Waals surface area contributed by atoms with Gasteiger partial charge in [-0.25, -0.2) is 0 Å². The van der Waals surface area contributed by atoms with Crippen molar-refractivity contribution in [1.82, 2.24) is 5.32 Å². The maximum Gasteiger partial charge on any atom is 0.306 e. The Morgan fingerprint density at radius 1 is 1.53 bits per heavy atom. The molecule has 15 heavy (non-hydrogen) atoms. The van der Waals surface area contributed by atoms with Gasteiger partial charge in [0.2, 0.25) is 5.91 Å². The number of hydrogen-bond donors (Lipinski definition) is 4. The fraction of sp³-hybridized carbons (Fsp3) is 0.778. The molecule has 0 aromatic heterocycles. The number of carbonyl (C=O) groups excluding carboxylic acids is 1. The van der Waals surface area contributed by atoms with Gasteiger partial charge in [0.05, 0.1) is 17.6 Å². The zero-order valence-electron chi connectivity index (χ0n) is 8.62. The number of rotatable bonds is 5. The molecule has 0 heterocycles. The monoisotopic (exact) mass is 216 g/mol. The van der Waals surface area contributed by atoms with Crippen molar-refractivity contribution in [3.63, 3.8) is 0 Å². The minimum absolute atomic E-state index is 0.100. The van der Waals surface area contributed by atoms with Crippen molar-refractivity contribution in [3.8, 4) is 0 Å². The van der Waals surface area contributed by atoms with Crippen LogP contribution in [0.1, 0.15) is 26.2 Å². The molecule has 1 amide bonds. The lowest BCUT2D eigenvalue weighted by atomic mass is 10.0. The average Bonchev–Trinajstić information content (AvgIpc) is 2.78. The first-order valence-corrected chi connectivity index (χ1v) is 4.77. The van der Waals surface area contributed by atoms with E-state index in [4.69, 9.17) is 10.8 Å². The predicted octanol–water partition coefficient (Wildman–Crippen LogP) is -1.18. The van der Waals surface area contributed by atoms with Crippen LogP contribution in [0, 0.1) is 0 Å². The zero-order valence-corrected chi connectivity index (χ0v) is 8.62. The van der Waals surface area contributed by atoms with Crippen molar-refractivity contribution >= 4 is 11.9 Å². The first-order valence-electron chi connectivity index (χ1n) is 4.77. The molecule has 1 fully saturated rings. The molecule has 0 saturated heterocycles. The fourth-order valence-corrected chi connectivity index (χ4v) is 1.20. The summed E-state index contributed by atoms with van der Waals surface area (Å²) in [6, 6.07) is 0. The first kappa shape index (κ1) is 11.9. The van der Waals surface area contributed by atoms with Crippen LogP contribution in [0.25, 0.3) is 0 Å². The van der Waals surface area contributed by atoms with Gasteiger partial charge in [0, 0.05) is 6.54 Å². The second-order valence-corrected chi connectivity index (χ2v) is 4.41. The second kappa shape index (κ2) is 3.79. The molecule has 0 aliphatic heterocycles. The Bertz CT molecular complexity index is 284. The molecule has 0 aromatic carbocycles. The number of hydrogen-bond acceptors (Lipinski definition) is 4. The SMILES string of the molecule is CC(O)(CNC(=O)C1(N)CC1)CC(=O)O. The van der Waals surface area contributed by atoms with Crippen molar-refractivity contribution < 1.29 is 19.8 Å². The van der Waals surface area contributed by atoms with Gasteiger partial charge in [-0.05, 0) is 19.8 Å². The van der Waals surface area contributed by atoms with Crippen LogP contribution in [-0.4, -0.2) is 39.8 Å². The summed E-state index contributed by atoms with van der Waals surface area (Å²) in [5.74, 6) is -1.43. The quantitative estimate of drug-likeness (QED) is 0.462. The van der Waals surface area contributed by atoms with Crippen LogP contribution in [0.3, 0.4) is 0 Å². The molecule has 0 aromatic rings. The van der Waals surface area contributed by atoms with E-state index in [1.165, 1.54) is 6.92 Å². The van der Waals surface area contributed by atoms with Crippen molar-refractivity contribution in [1.29, 1.82) is 0 Å². The highest BCUT2D eigenvalue weighted by molar-refractivity contribution is 5.89. The van der Waals surface area contributed by atoms with Crippen LogP contribution in [-0.2, 0) is 9.59 Å². The molecule has 1 aliphatic rings. The Morgan fingerprint density at radius 2 is 2.07 bits per heavy atom. The lowest BCUT2D eigenvalue weighted by Gasteiger charge is -2.22. The van der Waals surface area contributed by atoms with Gasteiger partial charge >= 0.3 is 5.97 Å². The standard InChI is InChI=1S/C9H16N2O4/c1-8(15,4-6(12)13)5-11-7(14)9(10)2-3-9/h15H,2-5,10H2,1H3,(H,11,14)(H,12,13). The molecule has 1 saturated carbocycles. The summed E-state index contributed by atoms with van der Waals surface area (Å²) in [7, 11) is 0. The molecule has 0 spiro atoms. The first-order chi connectivity index (χ1) is 6.75. The van der Waals surface area contributed by atoms with Gasteiger partial charge < -0.3 is 21.3 Å². The molecule has 0 bridgehead atoms. The smallest absolute Gasteiger partial charge is 0.306 e. The average molecular weight is 216 g/mol. The summed E-state index contributed by atoms with van der Waals surface area (Å²) in [4.78, 5) is 21.7. The molecule has 6 nitrogen and oxygen atoms in total. The van der Waals surface area contributed by atoms with Crippen molar-refractivity contribution in [2.75, 3.05) is 6.54 Å². The summed E-state index contributed by atoms with van der Waals surface area (Å²) in [6.07, 6.45) is 0.866. The van der Waals surface area contributed by atoms with Gasteiger partial charge in [0.25, 0.3) is 0 Å². The van der Waals surface area contributed by atoms with E-state index in [2.05, 4.69) is 5.32 Å². The third-order valence-electron chi connectivity index (χ3n) is 2.40. The summed E-state index contributed by atoms with van der Waals surface area (Å²) in [5.41, 5.74) is 3.38. The van der Waals surface area contributed by atoms with Gasteiger partial charge in [-0.3, -0.25) is 9.59 Å². The lowest BCUT2D eigenvalue weighted by molar-refractivity contribution is -0.142. The largest absolute Gasteiger partial charge is 0.481 e. The van der Waals surface area contributed by atoms with E-state index < -0.39 is 23.5 Å². The van der Waals surface area contributed by atoms with Gasteiger partial charge in [-0.2, -0.15) is 0 Å². The van der Waals surface area contributed by atoms with Crippen LogP contribution in [0.2, 0.25) is 0 Å². The number of carbonyl (C=O) groups is 2. The minimum atomic E-state index is -1.44. The van der Waals surface area contributed by atoms with Crippen molar-refractivity contribution in [2.24, 2.45) is 5.73 Å². The summed E-state index contributed by atoms with van der Waals surface area (Å²) >= 11 is 0. The van der Waals surface area contributed by atoms with E-state index >= 15 is 0 Å². The topological polar surface area (TPSA) is 113 Å². The van der Waals surface area contributed by atoms with Crippen LogP contribution >= 0.6 is 0 Å².